The van der Waals surface area contributed by atoms with E-state index in [0.717, 1.165) is 16.8 Å². The number of aromatic nitrogens is 3. The van der Waals surface area contributed by atoms with Gasteiger partial charge in [-0.25, -0.2) is 12.9 Å². The summed E-state index contributed by atoms with van der Waals surface area (Å²) < 4.78 is 29.5. The molecule has 0 spiro atoms. The van der Waals surface area contributed by atoms with E-state index in [4.69, 9.17) is 0 Å². The van der Waals surface area contributed by atoms with E-state index in [2.05, 4.69) is 25.4 Å². The zero-order valence-corrected chi connectivity index (χ0v) is 20.0. The Labute approximate surface area is 207 Å². The first kappa shape index (κ1) is 23.1. The van der Waals surface area contributed by atoms with Crippen LogP contribution in [0.1, 0.15) is 6.92 Å². The van der Waals surface area contributed by atoms with Crippen molar-refractivity contribution < 1.29 is 13.2 Å². The van der Waals surface area contributed by atoms with Crippen LogP contribution in [0.3, 0.4) is 0 Å². The Balaban J connectivity index is 1.36. The van der Waals surface area contributed by atoms with Crippen molar-refractivity contribution in [3.8, 4) is 11.1 Å². The fourth-order valence-electron chi connectivity index (χ4n) is 3.69. The van der Waals surface area contributed by atoms with E-state index in [1.807, 2.05) is 36.4 Å². The molecule has 3 aromatic carbocycles. The van der Waals surface area contributed by atoms with Gasteiger partial charge >= 0.3 is 0 Å². The molecule has 2 aromatic heterocycles. The van der Waals surface area contributed by atoms with Gasteiger partial charge in [-0.15, -0.1) is 5.10 Å². The van der Waals surface area contributed by atoms with Gasteiger partial charge in [0, 0.05) is 35.7 Å². The van der Waals surface area contributed by atoms with Crippen molar-refractivity contribution in [1.29, 1.82) is 0 Å². The highest BCUT2D eigenvalue weighted by atomic mass is 32.2. The molecule has 5 rings (SSSR count). The Morgan fingerprint density at radius 2 is 1.47 bits per heavy atom. The second kappa shape index (κ2) is 9.51. The van der Waals surface area contributed by atoms with Gasteiger partial charge in [0.2, 0.25) is 11.9 Å². The summed E-state index contributed by atoms with van der Waals surface area (Å²) >= 11 is 0. The number of fused-ring (bicyclic) bond motifs is 1. The smallest absolute Gasteiger partial charge is 0.261 e. The van der Waals surface area contributed by atoms with E-state index in [0.29, 0.717) is 23.0 Å². The topological polar surface area (TPSA) is 117 Å². The molecule has 5 aromatic rings. The molecule has 3 N–H and O–H groups in total. The molecule has 0 aliphatic carbocycles. The van der Waals surface area contributed by atoms with Crippen LogP contribution in [-0.4, -0.2) is 28.9 Å². The number of nitrogens with one attached hydrogen (secondary N) is 3. The number of carbonyl (C=O) groups excluding carboxylic acids is 1. The third kappa shape index (κ3) is 5.03. The molecule has 0 saturated heterocycles. The lowest BCUT2D eigenvalue weighted by atomic mass is 10.1. The molecule has 180 valence electrons. The SMILES string of the molecule is CC(=O)Nc1ccc(Nc2nc3c(-c4ccc(NS(=O)(=O)c5ccccc5)cc4)cccn3n2)cc1. The van der Waals surface area contributed by atoms with Crippen molar-refractivity contribution in [2.24, 2.45) is 0 Å². The summed E-state index contributed by atoms with van der Waals surface area (Å²) in [7, 11) is -3.67. The van der Waals surface area contributed by atoms with Crippen LogP contribution in [-0.2, 0) is 14.8 Å². The number of anilines is 4. The summed E-state index contributed by atoms with van der Waals surface area (Å²) in [6, 6.07) is 26.4. The van der Waals surface area contributed by atoms with Crippen LogP contribution in [0.2, 0.25) is 0 Å². The molecule has 0 saturated carbocycles. The maximum absolute atomic E-state index is 12.6. The minimum Gasteiger partial charge on any atom is -0.326 e. The van der Waals surface area contributed by atoms with Gasteiger partial charge in [-0.3, -0.25) is 9.52 Å². The van der Waals surface area contributed by atoms with Crippen LogP contribution in [0.25, 0.3) is 16.8 Å². The van der Waals surface area contributed by atoms with E-state index in [1.54, 1.807) is 65.3 Å². The van der Waals surface area contributed by atoms with Gasteiger partial charge in [-0.1, -0.05) is 30.3 Å². The third-order valence-corrected chi connectivity index (χ3v) is 6.72. The largest absolute Gasteiger partial charge is 0.326 e. The fourth-order valence-corrected chi connectivity index (χ4v) is 4.76. The lowest BCUT2D eigenvalue weighted by Gasteiger charge is -2.09. The summed E-state index contributed by atoms with van der Waals surface area (Å²) in [5.41, 5.74) is 4.29. The summed E-state index contributed by atoms with van der Waals surface area (Å²) in [6.45, 7) is 1.46. The van der Waals surface area contributed by atoms with E-state index in [-0.39, 0.29) is 10.8 Å². The molecule has 9 nitrogen and oxygen atoms in total. The summed E-state index contributed by atoms with van der Waals surface area (Å²) in [4.78, 5) is 16.0. The number of pyridine rings is 1. The van der Waals surface area contributed by atoms with Crippen LogP contribution in [0.5, 0.6) is 0 Å². The van der Waals surface area contributed by atoms with Crippen LogP contribution < -0.4 is 15.4 Å². The molecule has 1 amide bonds. The minimum absolute atomic E-state index is 0.133. The quantitative estimate of drug-likeness (QED) is 0.294. The summed E-state index contributed by atoms with van der Waals surface area (Å²) in [5, 5.41) is 10.4. The van der Waals surface area contributed by atoms with E-state index in [1.165, 1.54) is 6.92 Å². The van der Waals surface area contributed by atoms with E-state index >= 15 is 0 Å². The minimum atomic E-state index is -3.67. The molecular formula is C26H22N6O3S. The van der Waals surface area contributed by atoms with Crippen molar-refractivity contribution in [2.45, 2.75) is 11.8 Å². The summed E-state index contributed by atoms with van der Waals surface area (Å²) in [6.07, 6.45) is 1.80. The first-order valence-electron chi connectivity index (χ1n) is 11.1. The van der Waals surface area contributed by atoms with Gasteiger partial charge in [0.15, 0.2) is 5.65 Å². The van der Waals surface area contributed by atoms with Crippen LogP contribution >= 0.6 is 0 Å². The highest BCUT2D eigenvalue weighted by Crippen LogP contribution is 2.27. The Bertz CT molecular complexity index is 1630. The molecule has 0 fully saturated rings. The normalized spacial score (nSPS) is 11.2. The predicted octanol–water partition coefficient (Wildman–Crippen LogP) is 4.90. The van der Waals surface area contributed by atoms with Gasteiger partial charge in [0.25, 0.3) is 10.0 Å². The molecule has 10 heteroatoms. The zero-order valence-electron chi connectivity index (χ0n) is 19.2. The highest BCUT2D eigenvalue weighted by Gasteiger charge is 2.14. The van der Waals surface area contributed by atoms with Crippen LogP contribution in [0.15, 0.2) is 102 Å². The molecule has 0 bridgehead atoms. The van der Waals surface area contributed by atoms with Crippen molar-refractivity contribution >= 4 is 44.6 Å². The Morgan fingerprint density at radius 1 is 0.806 bits per heavy atom. The Hall–Kier alpha value is -4.70. The number of nitrogens with zero attached hydrogens (tertiary/aromatic N) is 3. The van der Waals surface area contributed by atoms with Gasteiger partial charge < -0.3 is 10.6 Å². The molecule has 2 heterocycles. The standard InChI is InChI=1S/C26H22N6O3S/c1-18(33)27-20-13-15-21(16-14-20)28-26-29-25-24(8-5-17-32(25)30-26)19-9-11-22(12-10-19)31-36(34,35)23-6-3-2-4-7-23/h2-17,31H,1H3,(H,27,33)(H,28,30). The predicted molar refractivity (Wildman–Crippen MR) is 140 cm³/mol. The first-order chi connectivity index (χ1) is 17.4. The number of hydrogen-bond acceptors (Lipinski definition) is 6. The number of sulfonamides is 1. The van der Waals surface area contributed by atoms with E-state index < -0.39 is 10.0 Å². The lowest BCUT2D eigenvalue weighted by molar-refractivity contribution is -0.114. The van der Waals surface area contributed by atoms with Crippen LogP contribution in [0.4, 0.5) is 23.0 Å². The van der Waals surface area contributed by atoms with Crippen molar-refractivity contribution in [3.05, 3.63) is 97.2 Å². The van der Waals surface area contributed by atoms with Gasteiger partial charge in [0.05, 0.1) is 4.90 Å². The zero-order chi connectivity index (χ0) is 25.1. The first-order valence-corrected chi connectivity index (χ1v) is 12.5. The average molecular weight is 499 g/mol. The number of rotatable bonds is 7. The molecule has 36 heavy (non-hydrogen) atoms. The lowest BCUT2D eigenvalue weighted by Crippen LogP contribution is -2.12. The molecule has 0 aliphatic heterocycles. The number of carbonyl (C=O) groups is 1. The molecule has 0 atom stereocenters. The second-order valence-corrected chi connectivity index (χ2v) is 9.69. The highest BCUT2D eigenvalue weighted by molar-refractivity contribution is 7.92. The molecule has 0 radical (unpaired) electrons. The third-order valence-electron chi connectivity index (χ3n) is 5.33. The van der Waals surface area contributed by atoms with Crippen molar-refractivity contribution in [2.75, 3.05) is 15.4 Å². The average Bonchev–Trinajstić information content (AvgIpc) is 3.28. The maximum Gasteiger partial charge on any atom is 0.261 e. The molecular weight excluding hydrogens is 476 g/mol. The number of amides is 1. The van der Waals surface area contributed by atoms with Crippen molar-refractivity contribution in [1.82, 2.24) is 14.6 Å². The van der Waals surface area contributed by atoms with Crippen molar-refractivity contribution in [3.63, 3.8) is 0 Å². The summed E-state index contributed by atoms with van der Waals surface area (Å²) in [5.74, 6) is 0.286. The van der Waals surface area contributed by atoms with Gasteiger partial charge in [-0.2, -0.15) is 4.98 Å². The second-order valence-electron chi connectivity index (χ2n) is 8.00. The maximum atomic E-state index is 12.6. The molecule has 0 aliphatic rings. The Morgan fingerprint density at radius 3 is 2.17 bits per heavy atom. The molecule has 0 unspecified atom stereocenters. The number of hydrogen-bond donors (Lipinski definition) is 3. The fraction of sp³-hybridized carbons (Fsp3) is 0.0385. The van der Waals surface area contributed by atoms with Gasteiger partial charge in [-0.05, 0) is 66.2 Å². The van der Waals surface area contributed by atoms with Crippen LogP contribution in [0, 0.1) is 0 Å². The van der Waals surface area contributed by atoms with Gasteiger partial charge in [0.1, 0.15) is 0 Å². The monoisotopic (exact) mass is 498 g/mol. The Kier molecular flexibility index (Phi) is 6.09. The van der Waals surface area contributed by atoms with E-state index in [9.17, 15) is 13.2 Å². The number of benzene rings is 3.